The highest BCUT2D eigenvalue weighted by atomic mass is 32.2. The summed E-state index contributed by atoms with van der Waals surface area (Å²) in [6, 6.07) is 0.364. The van der Waals surface area contributed by atoms with Crippen LogP contribution in [0.5, 0.6) is 0 Å². The highest BCUT2D eigenvalue weighted by molar-refractivity contribution is 7.89. The average molecular weight is 274 g/mol. The smallest absolute Gasteiger partial charge is 0.217 e. The standard InChI is InChI=1S/C13H26N2O2S/c1-2-15(11-12-7-6-10-14-12)18(16,17)13-8-4-3-5-9-13/h12-14H,2-11H2,1H3. The summed E-state index contributed by atoms with van der Waals surface area (Å²) in [5, 5.41) is 3.27. The van der Waals surface area contributed by atoms with Gasteiger partial charge in [-0.1, -0.05) is 26.2 Å². The topological polar surface area (TPSA) is 49.4 Å². The van der Waals surface area contributed by atoms with E-state index >= 15 is 0 Å². The van der Waals surface area contributed by atoms with Gasteiger partial charge in [0.25, 0.3) is 0 Å². The Kier molecular flexibility index (Phi) is 5.04. The summed E-state index contributed by atoms with van der Waals surface area (Å²) in [6.07, 6.45) is 7.34. The molecule has 0 aromatic heterocycles. The summed E-state index contributed by atoms with van der Waals surface area (Å²) in [4.78, 5) is 0. The molecule has 1 saturated heterocycles. The second-order valence-electron chi connectivity index (χ2n) is 5.55. The van der Waals surface area contributed by atoms with Crippen molar-refractivity contribution in [2.45, 2.75) is 63.2 Å². The van der Waals surface area contributed by atoms with Gasteiger partial charge < -0.3 is 5.32 Å². The van der Waals surface area contributed by atoms with E-state index in [9.17, 15) is 8.42 Å². The minimum absolute atomic E-state index is 0.118. The molecule has 1 N–H and O–H groups in total. The van der Waals surface area contributed by atoms with Gasteiger partial charge in [0.1, 0.15) is 0 Å². The first kappa shape index (κ1) is 14.3. The maximum Gasteiger partial charge on any atom is 0.217 e. The Labute approximate surface area is 111 Å². The Morgan fingerprint density at radius 3 is 2.39 bits per heavy atom. The molecule has 106 valence electrons. The van der Waals surface area contributed by atoms with Crippen LogP contribution in [0.1, 0.15) is 51.9 Å². The third-order valence-electron chi connectivity index (χ3n) is 4.27. The van der Waals surface area contributed by atoms with Crippen LogP contribution in [0.4, 0.5) is 0 Å². The first-order valence-electron chi connectivity index (χ1n) is 7.37. The number of likely N-dealkylation sites (N-methyl/N-ethyl adjacent to an activating group) is 1. The van der Waals surface area contributed by atoms with Crippen molar-refractivity contribution >= 4 is 10.0 Å². The van der Waals surface area contributed by atoms with Crippen molar-refractivity contribution in [2.24, 2.45) is 0 Å². The molecule has 0 bridgehead atoms. The summed E-state index contributed by atoms with van der Waals surface area (Å²) >= 11 is 0. The zero-order valence-electron chi connectivity index (χ0n) is 11.4. The largest absolute Gasteiger partial charge is 0.313 e. The quantitative estimate of drug-likeness (QED) is 0.830. The van der Waals surface area contributed by atoms with Crippen LogP contribution in [0.25, 0.3) is 0 Å². The molecule has 5 heteroatoms. The predicted molar refractivity (Wildman–Crippen MR) is 74.1 cm³/mol. The molecular formula is C13H26N2O2S. The Hall–Kier alpha value is -0.130. The van der Waals surface area contributed by atoms with Gasteiger partial charge >= 0.3 is 0 Å². The number of hydrogen-bond acceptors (Lipinski definition) is 3. The molecule has 18 heavy (non-hydrogen) atoms. The van der Waals surface area contributed by atoms with Crippen molar-refractivity contribution in [1.29, 1.82) is 0 Å². The monoisotopic (exact) mass is 274 g/mol. The van der Waals surface area contributed by atoms with Gasteiger partial charge in [0.2, 0.25) is 10.0 Å². The third-order valence-corrected chi connectivity index (χ3v) is 6.71. The van der Waals surface area contributed by atoms with E-state index in [-0.39, 0.29) is 5.25 Å². The van der Waals surface area contributed by atoms with Crippen LogP contribution in [0, 0.1) is 0 Å². The minimum atomic E-state index is -3.07. The van der Waals surface area contributed by atoms with E-state index in [1.54, 1.807) is 4.31 Å². The van der Waals surface area contributed by atoms with Crippen LogP contribution < -0.4 is 5.32 Å². The number of hydrogen-bond donors (Lipinski definition) is 1. The van der Waals surface area contributed by atoms with Crippen LogP contribution >= 0.6 is 0 Å². The Morgan fingerprint density at radius 1 is 1.11 bits per heavy atom. The SMILES string of the molecule is CCN(CC1CCCN1)S(=O)(=O)C1CCCCC1. The van der Waals surface area contributed by atoms with Crippen molar-refractivity contribution in [3.8, 4) is 0 Å². The number of nitrogens with one attached hydrogen (secondary N) is 1. The number of sulfonamides is 1. The Balaban J connectivity index is 1.99. The summed E-state index contributed by atoms with van der Waals surface area (Å²) in [6.45, 7) is 4.26. The van der Waals surface area contributed by atoms with Gasteiger partial charge in [0.15, 0.2) is 0 Å². The molecule has 2 rings (SSSR count). The summed E-state index contributed by atoms with van der Waals surface area (Å²) < 4.78 is 26.9. The fourth-order valence-corrected chi connectivity index (χ4v) is 5.24. The van der Waals surface area contributed by atoms with E-state index in [4.69, 9.17) is 0 Å². The lowest BCUT2D eigenvalue weighted by atomic mass is 10.0. The van der Waals surface area contributed by atoms with Gasteiger partial charge in [-0.25, -0.2) is 12.7 Å². The Bertz CT molecular complexity index is 344. The van der Waals surface area contributed by atoms with Crippen molar-refractivity contribution in [3.05, 3.63) is 0 Å². The van der Waals surface area contributed by atoms with E-state index in [1.807, 2.05) is 6.92 Å². The molecular weight excluding hydrogens is 248 g/mol. The van der Waals surface area contributed by atoms with E-state index < -0.39 is 10.0 Å². The van der Waals surface area contributed by atoms with E-state index in [0.29, 0.717) is 19.1 Å². The Morgan fingerprint density at radius 2 is 1.83 bits per heavy atom. The summed E-state index contributed by atoms with van der Waals surface area (Å²) in [5.74, 6) is 0. The molecule has 0 aromatic carbocycles. The van der Waals surface area contributed by atoms with Crippen molar-refractivity contribution < 1.29 is 8.42 Å². The maximum absolute atomic E-state index is 12.6. The normalized spacial score (nSPS) is 26.9. The van der Waals surface area contributed by atoms with Crippen molar-refractivity contribution in [3.63, 3.8) is 0 Å². The third kappa shape index (κ3) is 3.25. The van der Waals surface area contributed by atoms with Gasteiger partial charge in [-0.3, -0.25) is 0 Å². The molecule has 2 fully saturated rings. The molecule has 1 unspecified atom stereocenters. The number of rotatable bonds is 5. The average Bonchev–Trinajstić information content (AvgIpc) is 2.89. The fourth-order valence-electron chi connectivity index (χ4n) is 3.15. The van der Waals surface area contributed by atoms with E-state index in [2.05, 4.69) is 5.32 Å². The molecule has 0 aromatic rings. The highest BCUT2D eigenvalue weighted by Crippen LogP contribution is 2.26. The first-order valence-corrected chi connectivity index (χ1v) is 8.87. The fraction of sp³-hybridized carbons (Fsp3) is 1.00. The van der Waals surface area contributed by atoms with Crippen LogP contribution in [0.3, 0.4) is 0 Å². The van der Waals surface area contributed by atoms with E-state index in [1.165, 1.54) is 12.8 Å². The zero-order chi connectivity index (χ0) is 13.0. The van der Waals surface area contributed by atoms with Crippen molar-refractivity contribution in [1.82, 2.24) is 9.62 Å². The van der Waals surface area contributed by atoms with Crippen LogP contribution in [-0.2, 0) is 10.0 Å². The maximum atomic E-state index is 12.6. The molecule has 1 saturated carbocycles. The minimum Gasteiger partial charge on any atom is -0.313 e. The molecule has 2 aliphatic rings. The second kappa shape index (κ2) is 6.35. The molecule has 1 atom stereocenters. The molecule has 0 amide bonds. The second-order valence-corrected chi connectivity index (χ2v) is 7.76. The predicted octanol–water partition coefficient (Wildman–Crippen LogP) is 1.72. The molecule has 4 nitrogen and oxygen atoms in total. The molecule has 0 radical (unpaired) electrons. The summed E-state index contributed by atoms with van der Waals surface area (Å²) in [7, 11) is -3.07. The zero-order valence-corrected chi connectivity index (χ0v) is 12.2. The van der Waals surface area contributed by atoms with Gasteiger partial charge in [-0.05, 0) is 32.2 Å². The molecule has 0 spiro atoms. The van der Waals surface area contributed by atoms with Crippen LogP contribution in [-0.4, -0.2) is 43.6 Å². The molecule has 1 aliphatic heterocycles. The van der Waals surface area contributed by atoms with Crippen LogP contribution in [0.2, 0.25) is 0 Å². The summed E-state index contributed by atoms with van der Waals surface area (Å²) in [5.41, 5.74) is 0. The lowest BCUT2D eigenvalue weighted by Crippen LogP contribution is -2.45. The lowest BCUT2D eigenvalue weighted by molar-refractivity contribution is 0.366. The van der Waals surface area contributed by atoms with Crippen LogP contribution in [0.15, 0.2) is 0 Å². The van der Waals surface area contributed by atoms with E-state index in [0.717, 1.165) is 38.6 Å². The highest BCUT2D eigenvalue weighted by Gasteiger charge is 2.33. The lowest BCUT2D eigenvalue weighted by Gasteiger charge is -2.30. The van der Waals surface area contributed by atoms with Gasteiger partial charge in [-0.2, -0.15) is 0 Å². The molecule has 1 aliphatic carbocycles. The number of nitrogens with zero attached hydrogens (tertiary/aromatic N) is 1. The van der Waals surface area contributed by atoms with Gasteiger partial charge in [-0.15, -0.1) is 0 Å². The van der Waals surface area contributed by atoms with Gasteiger partial charge in [0, 0.05) is 19.1 Å². The van der Waals surface area contributed by atoms with Crippen molar-refractivity contribution in [2.75, 3.05) is 19.6 Å². The first-order chi connectivity index (χ1) is 8.64. The molecule has 1 heterocycles. The van der Waals surface area contributed by atoms with Gasteiger partial charge in [0.05, 0.1) is 5.25 Å².